The van der Waals surface area contributed by atoms with Crippen LogP contribution < -0.4 is 9.80 Å². The van der Waals surface area contributed by atoms with Gasteiger partial charge in [0.2, 0.25) is 0 Å². The highest BCUT2D eigenvalue weighted by atomic mass is 15.2. The zero-order valence-electron chi connectivity index (χ0n) is 13.6. The van der Waals surface area contributed by atoms with Gasteiger partial charge in [-0.3, -0.25) is 0 Å². The van der Waals surface area contributed by atoms with E-state index in [2.05, 4.69) is 45.1 Å². The number of hydrogen-bond acceptors (Lipinski definition) is 4. The van der Waals surface area contributed by atoms with E-state index in [0.29, 0.717) is 5.56 Å². The fourth-order valence-electron chi connectivity index (χ4n) is 3.21. The number of nitrogens with zero attached hydrogens (tertiary/aromatic N) is 4. The number of hydrogen-bond donors (Lipinski definition) is 0. The molecule has 23 heavy (non-hydrogen) atoms. The molecular weight excluding hydrogens is 284 g/mol. The second-order valence-corrected chi connectivity index (χ2v) is 6.02. The monoisotopic (exact) mass is 306 g/mol. The zero-order chi connectivity index (χ0) is 16.1. The van der Waals surface area contributed by atoms with Gasteiger partial charge in [-0.1, -0.05) is 18.2 Å². The molecule has 0 unspecified atom stereocenters. The van der Waals surface area contributed by atoms with Gasteiger partial charge in [0, 0.05) is 38.6 Å². The van der Waals surface area contributed by atoms with E-state index >= 15 is 0 Å². The van der Waals surface area contributed by atoms with E-state index in [1.807, 2.05) is 13.1 Å². The summed E-state index contributed by atoms with van der Waals surface area (Å²) in [7, 11) is 2.00. The lowest BCUT2D eigenvalue weighted by molar-refractivity contribution is 0.576. The fraction of sp³-hybridized carbons (Fsp3) is 0.368. The van der Waals surface area contributed by atoms with Crippen molar-refractivity contribution in [2.24, 2.45) is 0 Å². The average Bonchev–Trinajstić information content (AvgIpc) is 2.63. The Hall–Kier alpha value is -2.54. The summed E-state index contributed by atoms with van der Waals surface area (Å²) in [6.45, 7) is 3.01. The minimum absolute atomic E-state index is 0.616. The highest BCUT2D eigenvalue weighted by Crippen LogP contribution is 2.26. The molecule has 1 aromatic carbocycles. The van der Waals surface area contributed by atoms with Crippen molar-refractivity contribution in [2.45, 2.75) is 25.8 Å². The topological polar surface area (TPSA) is 43.2 Å². The highest BCUT2D eigenvalue weighted by Gasteiger charge is 2.16. The lowest BCUT2D eigenvalue weighted by Crippen LogP contribution is -2.31. The Labute approximate surface area is 138 Å². The SMILES string of the molecule is CN(Cc1ccccc1N1CCCCC1)c1ncccc1C#N. The first-order valence-electron chi connectivity index (χ1n) is 8.18. The van der Waals surface area contributed by atoms with Gasteiger partial charge in [0.15, 0.2) is 0 Å². The summed E-state index contributed by atoms with van der Waals surface area (Å²) >= 11 is 0. The molecule has 2 aromatic rings. The molecule has 0 saturated carbocycles. The van der Waals surface area contributed by atoms with Crippen LogP contribution in [0.15, 0.2) is 42.6 Å². The molecule has 0 N–H and O–H groups in total. The Morgan fingerprint density at radius 3 is 2.70 bits per heavy atom. The Bertz CT molecular complexity index is 699. The third kappa shape index (κ3) is 3.45. The molecule has 1 aliphatic heterocycles. The van der Waals surface area contributed by atoms with E-state index < -0.39 is 0 Å². The number of para-hydroxylation sites is 1. The van der Waals surface area contributed by atoms with Gasteiger partial charge in [-0.2, -0.15) is 5.26 Å². The van der Waals surface area contributed by atoms with Gasteiger partial charge in [-0.05, 0) is 43.0 Å². The van der Waals surface area contributed by atoms with Crippen LogP contribution >= 0.6 is 0 Å². The lowest BCUT2D eigenvalue weighted by atomic mass is 10.1. The fourth-order valence-corrected chi connectivity index (χ4v) is 3.21. The second kappa shape index (κ2) is 7.15. The van der Waals surface area contributed by atoms with Gasteiger partial charge in [0.25, 0.3) is 0 Å². The van der Waals surface area contributed by atoms with Gasteiger partial charge in [-0.25, -0.2) is 4.98 Å². The summed E-state index contributed by atoms with van der Waals surface area (Å²) in [5.74, 6) is 0.739. The summed E-state index contributed by atoms with van der Waals surface area (Å²) in [6.07, 6.45) is 5.60. The van der Waals surface area contributed by atoms with Gasteiger partial charge in [0.05, 0.1) is 5.56 Å². The first-order valence-corrected chi connectivity index (χ1v) is 8.18. The third-order valence-corrected chi connectivity index (χ3v) is 4.36. The van der Waals surface area contributed by atoms with Crippen LogP contribution in [0.4, 0.5) is 11.5 Å². The van der Waals surface area contributed by atoms with Gasteiger partial charge < -0.3 is 9.80 Å². The molecule has 1 saturated heterocycles. The molecule has 118 valence electrons. The summed E-state index contributed by atoms with van der Waals surface area (Å²) < 4.78 is 0. The van der Waals surface area contributed by atoms with Crippen molar-refractivity contribution >= 4 is 11.5 Å². The predicted molar refractivity (Wildman–Crippen MR) is 93.6 cm³/mol. The van der Waals surface area contributed by atoms with E-state index in [0.717, 1.165) is 25.5 Å². The molecule has 3 rings (SSSR count). The molecule has 0 spiro atoms. The normalized spacial score (nSPS) is 14.3. The molecule has 0 radical (unpaired) electrons. The van der Waals surface area contributed by atoms with Crippen LogP contribution in [0.3, 0.4) is 0 Å². The minimum atomic E-state index is 0.616. The first kappa shape index (κ1) is 15.4. The van der Waals surface area contributed by atoms with E-state index in [-0.39, 0.29) is 0 Å². The molecule has 0 atom stereocenters. The molecule has 0 bridgehead atoms. The molecule has 1 aliphatic rings. The van der Waals surface area contributed by atoms with Crippen LogP contribution in [0, 0.1) is 11.3 Å². The quantitative estimate of drug-likeness (QED) is 0.866. The number of nitriles is 1. The largest absolute Gasteiger partial charge is 0.371 e. The van der Waals surface area contributed by atoms with Gasteiger partial charge >= 0.3 is 0 Å². The predicted octanol–water partition coefficient (Wildman–Crippen LogP) is 3.58. The van der Waals surface area contributed by atoms with Crippen molar-refractivity contribution in [1.29, 1.82) is 5.26 Å². The summed E-state index contributed by atoms with van der Waals surface area (Å²) in [5.41, 5.74) is 3.21. The number of aromatic nitrogens is 1. The highest BCUT2D eigenvalue weighted by molar-refractivity contribution is 5.58. The molecule has 1 fully saturated rings. The maximum atomic E-state index is 9.27. The number of benzene rings is 1. The Morgan fingerprint density at radius 1 is 1.13 bits per heavy atom. The van der Waals surface area contributed by atoms with Crippen LogP contribution in [0.5, 0.6) is 0 Å². The molecular formula is C19H22N4. The van der Waals surface area contributed by atoms with E-state index in [1.54, 1.807) is 12.3 Å². The number of anilines is 2. The summed E-state index contributed by atoms with van der Waals surface area (Å²) in [5, 5.41) is 9.27. The second-order valence-electron chi connectivity index (χ2n) is 6.02. The van der Waals surface area contributed by atoms with Crippen LogP contribution in [0.2, 0.25) is 0 Å². The first-order chi connectivity index (χ1) is 11.3. The molecule has 4 nitrogen and oxygen atoms in total. The molecule has 0 aliphatic carbocycles. The molecule has 0 amide bonds. The van der Waals surface area contributed by atoms with Crippen molar-refractivity contribution in [2.75, 3.05) is 29.9 Å². The van der Waals surface area contributed by atoms with Crippen LogP contribution in [0.25, 0.3) is 0 Å². The Kier molecular flexibility index (Phi) is 4.77. The van der Waals surface area contributed by atoms with Crippen molar-refractivity contribution in [1.82, 2.24) is 4.98 Å². The minimum Gasteiger partial charge on any atom is -0.371 e. The van der Waals surface area contributed by atoms with Crippen molar-refractivity contribution in [3.05, 3.63) is 53.7 Å². The zero-order valence-corrected chi connectivity index (χ0v) is 13.6. The molecule has 1 aromatic heterocycles. The van der Waals surface area contributed by atoms with Crippen molar-refractivity contribution < 1.29 is 0 Å². The maximum Gasteiger partial charge on any atom is 0.146 e. The maximum absolute atomic E-state index is 9.27. The number of pyridine rings is 1. The van der Waals surface area contributed by atoms with Gasteiger partial charge in [-0.15, -0.1) is 0 Å². The average molecular weight is 306 g/mol. The Balaban J connectivity index is 1.84. The van der Waals surface area contributed by atoms with Crippen molar-refractivity contribution in [3.63, 3.8) is 0 Å². The summed E-state index contributed by atoms with van der Waals surface area (Å²) in [6, 6.07) is 14.4. The Morgan fingerprint density at radius 2 is 1.91 bits per heavy atom. The molecule has 4 heteroatoms. The standard InChI is InChI=1S/C19H22N4/c1-22(19-16(14-20)9-7-11-21-19)15-17-8-3-4-10-18(17)23-12-5-2-6-13-23/h3-4,7-11H,2,5-6,12-13,15H2,1H3. The lowest BCUT2D eigenvalue weighted by Gasteiger charge is -2.31. The van der Waals surface area contributed by atoms with E-state index in [1.165, 1.54) is 30.5 Å². The smallest absolute Gasteiger partial charge is 0.146 e. The number of piperidine rings is 1. The van der Waals surface area contributed by atoms with E-state index in [9.17, 15) is 5.26 Å². The third-order valence-electron chi connectivity index (χ3n) is 4.36. The molecule has 2 heterocycles. The summed E-state index contributed by atoms with van der Waals surface area (Å²) in [4.78, 5) is 8.92. The van der Waals surface area contributed by atoms with Crippen LogP contribution in [0.1, 0.15) is 30.4 Å². The van der Waals surface area contributed by atoms with Crippen LogP contribution in [-0.4, -0.2) is 25.1 Å². The van der Waals surface area contributed by atoms with E-state index in [4.69, 9.17) is 0 Å². The van der Waals surface area contributed by atoms with Crippen molar-refractivity contribution in [3.8, 4) is 6.07 Å². The van der Waals surface area contributed by atoms with Crippen LogP contribution in [-0.2, 0) is 6.54 Å². The van der Waals surface area contributed by atoms with Gasteiger partial charge in [0.1, 0.15) is 11.9 Å². The number of rotatable bonds is 4.